The molecule has 3 unspecified atom stereocenters. The molecule has 1 rings (SSSR count). The lowest BCUT2D eigenvalue weighted by molar-refractivity contribution is 0.398. The van der Waals surface area contributed by atoms with E-state index in [9.17, 15) is 0 Å². The molecule has 0 N–H and O–H groups in total. The Labute approximate surface area is 105 Å². The second-order valence-electron chi connectivity index (χ2n) is 5.21. The summed E-state index contributed by atoms with van der Waals surface area (Å²) in [5.41, 5.74) is 0. The Morgan fingerprint density at radius 3 is 2.73 bits per heavy atom. The maximum absolute atomic E-state index is 4.30. The molecule has 1 aliphatic carbocycles. The first-order chi connectivity index (χ1) is 7.26. The fraction of sp³-hybridized carbons (Fsp3) is 1.00. The predicted octanol–water partition coefficient (Wildman–Crippen LogP) is 4.50. The van der Waals surface area contributed by atoms with Crippen LogP contribution < -0.4 is 0 Å². The average Bonchev–Trinajstić information content (AvgIpc) is 2.63. The third-order valence-corrected chi connectivity index (χ3v) is 4.83. The summed E-state index contributed by atoms with van der Waals surface area (Å²) in [6, 6.07) is 0. The smallest absolute Gasteiger partial charge is 0.00444 e. The van der Waals surface area contributed by atoms with Crippen LogP contribution in [0.15, 0.2) is 0 Å². The molecule has 0 aromatic rings. The molecular formula is C13H26S2. The Kier molecular flexibility index (Phi) is 7.24. The van der Waals surface area contributed by atoms with Crippen molar-refractivity contribution in [3.63, 3.8) is 0 Å². The van der Waals surface area contributed by atoms with Crippen LogP contribution in [0.1, 0.15) is 45.4 Å². The number of thiol groups is 1. The van der Waals surface area contributed by atoms with Gasteiger partial charge in [0.05, 0.1) is 0 Å². The first-order valence-electron chi connectivity index (χ1n) is 6.36. The van der Waals surface area contributed by atoms with Crippen LogP contribution in [0.2, 0.25) is 0 Å². The molecule has 0 radical (unpaired) electrons. The quantitative estimate of drug-likeness (QED) is 0.645. The van der Waals surface area contributed by atoms with E-state index in [1.54, 1.807) is 0 Å². The fourth-order valence-corrected chi connectivity index (χ4v) is 3.84. The molecule has 0 heterocycles. The second-order valence-corrected chi connectivity index (χ2v) is 6.57. The molecule has 90 valence electrons. The van der Waals surface area contributed by atoms with Crippen molar-refractivity contribution in [1.82, 2.24) is 0 Å². The van der Waals surface area contributed by atoms with Gasteiger partial charge in [0.25, 0.3) is 0 Å². The van der Waals surface area contributed by atoms with Gasteiger partial charge in [-0.05, 0) is 61.2 Å². The van der Waals surface area contributed by atoms with Gasteiger partial charge in [0.2, 0.25) is 0 Å². The summed E-state index contributed by atoms with van der Waals surface area (Å²) in [5.74, 6) is 5.41. The molecule has 0 bridgehead atoms. The number of hydrogen-bond acceptors (Lipinski definition) is 2. The lowest BCUT2D eigenvalue weighted by Gasteiger charge is -2.15. The molecule has 1 aliphatic rings. The fourth-order valence-electron chi connectivity index (χ4n) is 2.96. The van der Waals surface area contributed by atoms with Gasteiger partial charge in [-0.2, -0.15) is 24.4 Å². The van der Waals surface area contributed by atoms with E-state index in [0.29, 0.717) is 0 Å². The van der Waals surface area contributed by atoms with Crippen LogP contribution in [0.25, 0.3) is 0 Å². The van der Waals surface area contributed by atoms with Crippen molar-refractivity contribution < 1.29 is 0 Å². The van der Waals surface area contributed by atoms with Gasteiger partial charge in [-0.25, -0.2) is 0 Å². The highest BCUT2D eigenvalue weighted by molar-refractivity contribution is 7.98. The highest BCUT2D eigenvalue weighted by atomic mass is 32.2. The molecule has 0 saturated heterocycles. The van der Waals surface area contributed by atoms with E-state index >= 15 is 0 Å². The topological polar surface area (TPSA) is 0 Å². The van der Waals surface area contributed by atoms with Gasteiger partial charge in [0.15, 0.2) is 0 Å². The van der Waals surface area contributed by atoms with Crippen molar-refractivity contribution in [3.05, 3.63) is 0 Å². The zero-order valence-corrected chi connectivity index (χ0v) is 12.0. The van der Waals surface area contributed by atoms with E-state index in [2.05, 4.69) is 25.8 Å². The lowest BCUT2D eigenvalue weighted by atomic mass is 9.93. The van der Waals surface area contributed by atoms with Gasteiger partial charge < -0.3 is 0 Å². The van der Waals surface area contributed by atoms with Gasteiger partial charge in [0, 0.05) is 0 Å². The van der Waals surface area contributed by atoms with Crippen LogP contribution in [0, 0.1) is 17.8 Å². The number of rotatable bonds is 7. The summed E-state index contributed by atoms with van der Waals surface area (Å²) in [4.78, 5) is 0. The van der Waals surface area contributed by atoms with Crippen LogP contribution in [-0.4, -0.2) is 17.8 Å². The molecule has 0 amide bonds. The van der Waals surface area contributed by atoms with Crippen molar-refractivity contribution in [2.24, 2.45) is 17.8 Å². The highest BCUT2D eigenvalue weighted by Crippen LogP contribution is 2.37. The van der Waals surface area contributed by atoms with Crippen molar-refractivity contribution in [2.45, 2.75) is 45.4 Å². The Balaban J connectivity index is 2.12. The minimum absolute atomic E-state index is 0.925. The Bertz CT molecular complexity index is 159. The molecule has 0 aromatic heterocycles. The largest absolute Gasteiger partial charge is 0.179 e. The van der Waals surface area contributed by atoms with E-state index in [0.717, 1.165) is 23.5 Å². The Hall–Kier alpha value is 0.700. The molecule has 0 nitrogen and oxygen atoms in total. The van der Waals surface area contributed by atoms with E-state index < -0.39 is 0 Å². The van der Waals surface area contributed by atoms with Crippen molar-refractivity contribution in [2.75, 3.05) is 17.8 Å². The van der Waals surface area contributed by atoms with Crippen molar-refractivity contribution in [1.29, 1.82) is 0 Å². The van der Waals surface area contributed by atoms with E-state index in [4.69, 9.17) is 0 Å². The molecule has 1 saturated carbocycles. The van der Waals surface area contributed by atoms with E-state index in [-0.39, 0.29) is 0 Å². The van der Waals surface area contributed by atoms with Gasteiger partial charge in [-0.3, -0.25) is 0 Å². The summed E-state index contributed by atoms with van der Waals surface area (Å²) in [6.45, 7) is 2.41. The predicted molar refractivity (Wildman–Crippen MR) is 76.1 cm³/mol. The summed E-state index contributed by atoms with van der Waals surface area (Å²) in [6.07, 6.45) is 10.9. The number of thioether (sulfide) groups is 1. The van der Waals surface area contributed by atoms with Crippen molar-refractivity contribution in [3.8, 4) is 0 Å². The summed E-state index contributed by atoms with van der Waals surface area (Å²) < 4.78 is 0. The molecular weight excluding hydrogens is 220 g/mol. The van der Waals surface area contributed by atoms with Gasteiger partial charge in [0.1, 0.15) is 0 Å². The van der Waals surface area contributed by atoms with E-state index in [1.165, 1.54) is 44.3 Å². The summed E-state index contributed by atoms with van der Waals surface area (Å²) in [7, 11) is 0. The molecule has 3 atom stereocenters. The lowest BCUT2D eigenvalue weighted by Crippen LogP contribution is -2.06. The van der Waals surface area contributed by atoms with Crippen LogP contribution >= 0.6 is 24.4 Å². The van der Waals surface area contributed by atoms with Crippen LogP contribution in [0.5, 0.6) is 0 Å². The third-order valence-electron chi connectivity index (χ3n) is 3.61. The maximum atomic E-state index is 4.30. The normalized spacial score (nSPS) is 28.2. The summed E-state index contributed by atoms with van der Waals surface area (Å²) >= 11 is 6.29. The van der Waals surface area contributed by atoms with Crippen LogP contribution in [0.3, 0.4) is 0 Å². The maximum Gasteiger partial charge on any atom is -0.00444 e. The Morgan fingerprint density at radius 2 is 2.07 bits per heavy atom. The van der Waals surface area contributed by atoms with Crippen molar-refractivity contribution >= 4 is 24.4 Å². The standard InChI is InChI=1S/C13H26S2/c1-11(10-15-2)8-13-6-5-12(9-13)4-3-7-14/h11-14H,3-10H2,1-2H3. The van der Waals surface area contributed by atoms with Crippen LogP contribution in [-0.2, 0) is 0 Å². The molecule has 1 fully saturated rings. The van der Waals surface area contributed by atoms with Gasteiger partial charge in [-0.15, -0.1) is 0 Å². The third kappa shape index (κ3) is 5.53. The highest BCUT2D eigenvalue weighted by Gasteiger charge is 2.25. The molecule has 0 aliphatic heterocycles. The number of hydrogen-bond donors (Lipinski definition) is 1. The van der Waals surface area contributed by atoms with Gasteiger partial charge >= 0.3 is 0 Å². The molecule has 0 aromatic carbocycles. The SMILES string of the molecule is CSCC(C)CC1CCC(CCCS)C1. The molecule has 2 heteroatoms. The minimum Gasteiger partial charge on any atom is -0.179 e. The van der Waals surface area contributed by atoms with Gasteiger partial charge in [-0.1, -0.05) is 19.8 Å². The molecule has 15 heavy (non-hydrogen) atoms. The Morgan fingerprint density at radius 1 is 1.33 bits per heavy atom. The monoisotopic (exact) mass is 246 g/mol. The first-order valence-corrected chi connectivity index (χ1v) is 8.38. The zero-order chi connectivity index (χ0) is 11.1. The summed E-state index contributed by atoms with van der Waals surface area (Å²) in [5, 5.41) is 0. The second kappa shape index (κ2) is 7.89. The zero-order valence-electron chi connectivity index (χ0n) is 10.2. The van der Waals surface area contributed by atoms with E-state index in [1.807, 2.05) is 11.8 Å². The molecule has 0 spiro atoms. The average molecular weight is 246 g/mol. The minimum atomic E-state index is 0.925. The first kappa shape index (κ1) is 13.8. The van der Waals surface area contributed by atoms with Crippen LogP contribution in [0.4, 0.5) is 0 Å².